The maximum Gasteiger partial charge on any atom is 0.175 e. The van der Waals surface area contributed by atoms with E-state index < -0.39 is 25.3 Å². The predicted molar refractivity (Wildman–Crippen MR) is 132 cm³/mol. The van der Waals surface area contributed by atoms with Crippen LogP contribution in [0.4, 0.5) is 0 Å². The van der Waals surface area contributed by atoms with Crippen molar-refractivity contribution in [1.82, 2.24) is 0 Å². The SMILES string of the molecule is CC(C)c1cc(C#N)cc(C(C)C)c1CC(=O)C[S@](=N)(=O)c1ccc(S(C)(=O)=O)cc1.S. The zero-order valence-corrected chi connectivity index (χ0v) is 21.6. The van der Waals surface area contributed by atoms with Crippen molar-refractivity contribution in [2.24, 2.45) is 0 Å². The lowest BCUT2D eigenvalue weighted by Crippen LogP contribution is -2.19. The minimum atomic E-state index is -3.42. The van der Waals surface area contributed by atoms with Crippen molar-refractivity contribution in [3.8, 4) is 6.07 Å². The number of benzene rings is 2. The molecule has 0 radical (unpaired) electrons. The number of carbonyl (C=O) groups excluding carboxylic acids is 1. The van der Waals surface area contributed by atoms with Crippen LogP contribution in [0.5, 0.6) is 0 Å². The largest absolute Gasteiger partial charge is 0.298 e. The number of sulfone groups is 1. The minimum Gasteiger partial charge on any atom is -0.298 e. The van der Waals surface area contributed by atoms with Gasteiger partial charge in [-0.3, -0.25) is 4.79 Å². The van der Waals surface area contributed by atoms with E-state index in [2.05, 4.69) is 6.07 Å². The van der Waals surface area contributed by atoms with Crippen LogP contribution >= 0.6 is 13.5 Å². The van der Waals surface area contributed by atoms with E-state index in [9.17, 15) is 22.7 Å². The molecule has 2 rings (SSSR count). The van der Waals surface area contributed by atoms with Gasteiger partial charge in [-0.05, 0) is 64.9 Å². The Balaban J connectivity index is 0.00000512. The molecule has 0 fully saturated rings. The molecule has 9 heteroatoms. The van der Waals surface area contributed by atoms with Crippen molar-refractivity contribution in [1.29, 1.82) is 10.0 Å². The van der Waals surface area contributed by atoms with E-state index in [4.69, 9.17) is 4.78 Å². The van der Waals surface area contributed by atoms with E-state index in [-0.39, 0.29) is 47.3 Å². The molecule has 0 aliphatic rings. The summed E-state index contributed by atoms with van der Waals surface area (Å²) in [4.78, 5) is 13.1. The average Bonchev–Trinajstić information content (AvgIpc) is 2.66. The summed E-state index contributed by atoms with van der Waals surface area (Å²) >= 11 is 0. The molecule has 0 aliphatic carbocycles. The molecule has 0 saturated carbocycles. The van der Waals surface area contributed by atoms with Gasteiger partial charge in [0.1, 0.15) is 0 Å². The molecule has 0 heterocycles. The standard InChI is InChI=1S/C23H28N2O4S2.H2S/c1-15(2)21-10-17(13-24)11-22(16(3)4)23(21)12-18(26)14-31(25,29)20-8-6-19(7-9-20)30(5,27)28;/h6-11,15-16,25H,12,14H2,1-5H3;1H2/t31-;/m0./s1. The fourth-order valence-electron chi connectivity index (χ4n) is 3.48. The summed E-state index contributed by atoms with van der Waals surface area (Å²) in [6.45, 7) is 7.97. The molecule has 2 aromatic rings. The first-order chi connectivity index (χ1) is 14.3. The zero-order chi connectivity index (χ0) is 23.6. The second kappa shape index (κ2) is 10.6. The lowest BCUT2D eigenvalue weighted by Gasteiger charge is -2.20. The Morgan fingerprint density at radius 3 is 1.78 bits per heavy atom. The average molecular weight is 495 g/mol. The van der Waals surface area contributed by atoms with Crippen molar-refractivity contribution < 1.29 is 17.4 Å². The van der Waals surface area contributed by atoms with Gasteiger partial charge in [0.2, 0.25) is 0 Å². The highest BCUT2D eigenvalue weighted by atomic mass is 32.2. The highest BCUT2D eigenvalue weighted by Crippen LogP contribution is 2.30. The molecule has 0 saturated heterocycles. The maximum atomic E-state index is 12.9. The van der Waals surface area contributed by atoms with Gasteiger partial charge in [0.05, 0.1) is 32.0 Å². The van der Waals surface area contributed by atoms with Gasteiger partial charge in [0.25, 0.3) is 0 Å². The fourth-order valence-corrected chi connectivity index (χ4v) is 5.41. The molecule has 32 heavy (non-hydrogen) atoms. The van der Waals surface area contributed by atoms with Gasteiger partial charge in [0.15, 0.2) is 15.6 Å². The summed E-state index contributed by atoms with van der Waals surface area (Å²) in [5, 5.41) is 9.35. The third-order valence-corrected chi connectivity index (χ3v) is 7.95. The van der Waals surface area contributed by atoms with Crippen LogP contribution in [0.2, 0.25) is 0 Å². The summed E-state index contributed by atoms with van der Waals surface area (Å²) < 4.78 is 44.4. The normalized spacial score (nSPS) is 13.3. The smallest absolute Gasteiger partial charge is 0.175 e. The zero-order valence-electron chi connectivity index (χ0n) is 18.9. The number of rotatable bonds is 8. The molecule has 1 atom stereocenters. The van der Waals surface area contributed by atoms with Crippen LogP contribution < -0.4 is 0 Å². The van der Waals surface area contributed by atoms with Gasteiger partial charge in [-0.1, -0.05) is 27.7 Å². The van der Waals surface area contributed by atoms with E-state index in [1.165, 1.54) is 24.3 Å². The summed E-state index contributed by atoms with van der Waals surface area (Å²) in [6, 6.07) is 11.0. The van der Waals surface area contributed by atoms with Crippen molar-refractivity contribution >= 4 is 38.8 Å². The number of Topliss-reactive ketones (excluding diaryl/α,β-unsaturated/α-hetero) is 1. The monoisotopic (exact) mass is 494 g/mol. The molecule has 174 valence electrons. The number of carbonyl (C=O) groups is 1. The van der Waals surface area contributed by atoms with E-state index >= 15 is 0 Å². The third-order valence-electron chi connectivity index (χ3n) is 5.06. The highest BCUT2D eigenvalue weighted by molar-refractivity contribution is 7.93. The summed E-state index contributed by atoms with van der Waals surface area (Å²) in [6.07, 6.45) is 1.10. The number of hydrogen-bond donors (Lipinski definition) is 1. The number of nitriles is 1. The Bertz CT molecular complexity index is 1210. The molecule has 0 amide bonds. The van der Waals surface area contributed by atoms with Crippen LogP contribution in [0.15, 0.2) is 46.2 Å². The van der Waals surface area contributed by atoms with Crippen LogP contribution in [-0.2, 0) is 30.8 Å². The quantitative estimate of drug-likeness (QED) is 0.578. The van der Waals surface area contributed by atoms with Gasteiger partial charge in [0, 0.05) is 17.6 Å². The van der Waals surface area contributed by atoms with Gasteiger partial charge in [-0.2, -0.15) is 18.8 Å². The van der Waals surface area contributed by atoms with Crippen molar-refractivity contribution in [3.05, 3.63) is 58.7 Å². The topological polar surface area (TPSA) is 116 Å². The lowest BCUT2D eigenvalue weighted by atomic mass is 9.85. The molecule has 0 spiro atoms. The Hall–Kier alpha value is -2.15. The molecular weight excluding hydrogens is 464 g/mol. The van der Waals surface area contributed by atoms with E-state index in [1.54, 1.807) is 12.1 Å². The van der Waals surface area contributed by atoms with E-state index in [0.717, 1.165) is 22.9 Å². The Morgan fingerprint density at radius 2 is 1.41 bits per heavy atom. The first-order valence-electron chi connectivity index (χ1n) is 9.91. The van der Waals surface area contributed by atoms with Crippen molar-refractivity contribution in [2.75, 3.05) is 12.0 Å². The molecular formula is C23H30N2O4S3. The van der Waals surface area contributed by atoms with Crippen LogP contribution in [0.3, 0.4) is 0 Å². The van der Waals surface area contributed by atoms with Gasteiger partial charge < -0.3 is 0 Å². The molecule has 0 aromatic heterocycles. The van der Waals surface area contributed by atoms with Gasteiger partial charge in [-0.25, -0.2) is 17.4 Å². The van der Waals surface area contributed by atoms with Crippen LogP contribution in [-0.4, -0.2) is 30.4 Å². The molecule has 6 nitrogen and oxygen atoms in total. The Labute approximate surface area is 198 Å². The molecule has 0 aliphatic heterocycles. The van der Waals surface area contributed by atoms with Crippen molar-refractivity contribution in [2.45, 2.75) is 55.7 Å². The van der Waals surface area contributed by atoms with Crippen molar-refractivity contribution in [3.63, 3.8) is 0 Å². The second-order valence-corrected chi connectivity index (χ2v) is 12.5. The summed E-state index contributed by atoms with van der Waals surface area (Å²) in [5.41, 5.74) is 3.19. The molecule has 0 bridgehead atoms. The van der Waals surface area contributed by atoms with Gasteiger partial charge >= 0.3 is 0 Å². The second-order valence-electron chi connectivity index (χ2n) is 8.33. The van der Waals surface area contributed by atoms with Crippen LogP contribution in [0.25, 0.3) is 0 Å². The maximum absolute atomic E-state index is 12.9. The summed E-state index contributed by atoms with van der Waals surface area (Å²) in [7, 11) is -6.82. The van der Waals surface area contributed by atoms with Crippen LogP contribution in [0.1, 0.15) is 61.8 Å². The molecule has 0 unspecified atom stereocenters. The third kappa shape index (κ3) is 6.67. The first-order valence-corrected chi connectivity index (χ1v) is 13.5. The lowest BCUT2D eigenvalue weighted by molar-refractivity contribution is -0.116. The fraction of sp³-hybridized carbons (Fsp3) is 0.391. The number of nitrogens with one attached hydrogen (secondary N) is 1. The van der Waals surface area contributed by atoms with E-state index in [0.29, 0.717) is 5.56 Å². The highest BCUT2D eigenvalue weighted by Gasteiger charge is 2.22. The minimum absolute atomic E-state index is 0. The number of ketones is 1. The summed E-state index contributed by atoms with van der Waals surface area (Å²) in [5.74, 6) is -0.601. The van der Waals surface area contributed by atoms with Crippen LogP contribution in [0, 0.1) is 16.1 Å². The number of hydrogen-bond acceptors (Lipinski definition) is 6. The van der Waals surface area contributed by atoms with Gasteiger partial charge in [-0.15, -0.1) is 0 Å². The van der Waals surface area contributed by atoms with E-state index in [1.807, 2.05) is 27.7 Å². The first kappa shape index (κ1) is 27.9. The number of nitrogens with zero attached hydrogens (tertiary/aromatic N) is 1. The Morgan fingerprint density at radius 1 is 0.969 bits per heavy atom. The Kier molecular flexibility index (Phi) is 9.28. The molecule has 2 aromatic carbocycles. The molecule has 1 N–H and O–H groups in total. The predicted octanol–water partition coefficient (Wildman–Crippen LogP) is 4.54.